The van der Waals surface area contributed by atoms with E-state index >= 15 is 0 Å². The average Bonchev–Trinajstić information content (AvgIpc) is 2.44. The molecule has 0 spiro atoms. The van der Waals surface area contributed by atoms with Gasteiger partial charge in [-0.15, -0.1) is 0 Å². The molecule has 13 heavy (non-hydrogen) atoms. The Kier molecular flexibility index (Phi) is 1.48. The number of esters is 1. The Bertz CT molecular complexity index is 253. The van der Waals surface area contributed by atoms with Gasteiger partial charge in [0.15, 0.2) is 0 Å². The molecule has 2 saturated carbocycles. The maximum absolute atomic E-state index is 11.4. The summed E-state index contributed by atoms with van der Waals surface area (Å²) >= 11 is 0. The molecule has 0 aromatic heterocycles. The van der Waals surface area contributed by atoms with E-state index in [0.717, 1.165) is 24.3 Å². The van der Waals surface area contributed by atoms with Crippen molar-refractivity contribution in [3.8, 4) is 0 Å². The quantitative estimate of drug-likeness (QED) is 0.595. The van der Waals surface area contributed by atoms with Crippen molar-refractivity contribution in [1.29, 1.82) is 0 Å². The zero-order chi connectivity index (χ0) is 9.00. The smallest absolute Gasteiger partial charge is 0.323 e. The molecule has 1 N–H and O–H groups in total. The Morgan fingerprint density at radius 2 is 2.08 bits per heavy atom. The lowest BCUT2D eigenvalue weighted by Crippen LogP contribution is -2.56. The second-order valence-electron chi connectivity index (χ2n) is 4.56. The first-order valence-corrected chi connectivity index (χ1v) is 5.14. The molecule has 0 bridgehead atoms. The molecule has 0 aromatic carbocycles. The first-order chi connectivity index (χ1) is 6.33. The molecule has 1 aliphatic heterocycles. The van der Waals surface area contributed by atoms with E-state index in [1.807, 2.05) is 0 Å². The Hall–Kier alpha value is -0.570. The summed E-state index contributed by atoms with van der Waals surface area (Å²) in [5, 5.41) is 3.30. The molecule has 3 heteroatoms. The molecule has 0 amide bonds. The second kappa shape index (κ2) is 2.47. The lowest BCUT2D eigenvalue weighted by molar-refractivity contribution is -0.151. The fourth-order valence-electron chi connectivity index (χ4n) is 3.57. The van der Waals surface area contributed by atoms with Crippen LogP contribution in [0.4, 0.5) is 0 Å². The van der Waals surface area contributed by atoms with Crippen molar-refractivity contribution in [2.75, 3.05) is 13.7 Å². The monoisotopic (exact) mass is 181 g/mol. The van der Waals surface area contributed by atoms with E-state index in [-0.39, 0.29) is 12.0 Å². The van der Waals surface area contributed by atoms with Gasteiger partial charge in [0.1, 0.15) is 6.04 Å². The van der Waals surface area contributed by atoms with Gasteiger partial charge in [0, 0.05) is 0 Å². The highest BCUT2D eigenvalue weighted by Crippen LogP contribution is 2.61. The maximum atomic E-state index is 11.4. The molecule has 3 aliphatic rings. The van der Waals surface area contributed by atoms with Crippen molar-refractivity contribution in [3.05, 3.63) is 0 Å². The molecule has 1 saturated heterocycles. The fourth-order valence-corrected chi connectivity index (χ4v) is 3.57. The van der Waals surface area contributed by atoms with Crippen molar-refractivity contribution in [2.24, 2.45) is 23.7 Å². The zero-order valence-corrected chi connectivity index (χ0v) is 7.82. The molecule has 0 aromatic rings. The third-order valence-corrected chi connectivity index (χ3v) is 4.34. The average molecular weight is 181 g/mol. The van der Waals surface area contributed by atoms with Gasteiger partial charge in [-0.1, -0.05) is 0 Å². The van der Waals surface area contributed by atoms with Crippen LogP contribution in [0.1, 0.15) is 12.8 Å². The summed E-state index contributed by atoms with van der Waals surface area (Å²) in [5.74, 6) is 3.10. The molecule has 3 fully saturated rings. The Morgan fingerprint density at radius 1 is 1.31 bits per heavy atom. The number of nitrogens with one attached hydrogen (secondary N) is 1. The van der Waals surface area contributed by atoms with Gasteiger partial charge >= 0.3 is 5.97 Å². The zero-order valence-electron chi connectivity index (χ0n) is 7.82. The number of carbonyl (C=O) groups is 1. The number of hydrogen-bond donors (Lipinski definition) is 1. The lowest BCUT2D eigenvalue weighted by atomic mass is 9.47. The SMILES string of the molecule is COC(=O)C1NCC2C3CCC3C12. The van der Waals surface area contributed by atoms with E-state index in [1.54, 1.807) is 0 Å². The summed E-state index contributed by atoms with van der Waals surface area (Å²) < 4.78 is 4.79. The number of methoxy groups -OCH3 is 1. The highest BCUT2D eigenvalue weighted by atomic mass is 16.5. The van der Waals surface area contributed by atoms with Gasteiger partial charge in [-0.25, -0.2) is 0 Å². The molecule has 5 atom stereocenters. The molecule has 0 radical (unpaired) electrons. The number of ether oxygens (including phenoxy) is 1. The number of rotatable bonds is 1. The molecule has 3 nitrogen and oxygen atoms in total. The van der Waals surface area contributed by atoms with Crippen LogP contribution in [0.2, 0.25) is 0 Å². The van der Waals surface area contributed by atoms with Gasteiger partial charge in [0.2, 0.25) is 0 Å². The van der Waals surface area contributed by atoms with Crippen LogP contribution in [-0.2, 0) is 9.53 Å². The van der Waals surface area contributed by atoms with Gasteiger partial charge in [-0.2, -0.15) is 0 Å². The molecule has 3 rings (SSSR count). The van der Waals surface area contributed by atoms with Crippen molar-refractivity contribution in [1.82, 2.24) is 5.32 Å². The summed E-state index contributed by atoms with van der Waals surface area (Å²) in [6.45, 7) is 1.03. The normalized spacial score (nSPS) is 51.3. The minimum Gasteiger partial charge on any atom is -0.468 e. The van der Waals surface area contributed by atoms with Crippen molar-refractivity contribution >= 4 is 5.97 Å². The van der Waals surface area contributed by atoms with Crippen LogP contribution in [0.15, 0.2) is 0 Å². The van der Waals surface area contributed by atoms with Gasteiger partial charge in [0.05, 0.1) is 7.11 Å². The van der Waals surface area contributed by atoms with Crippen LogP contribution in [0, 0.1) is 23.7 Å². The molecular weight excluding hydrogens is 166 g/mol. The largest absolute Gasteiger partial charge is 0.468 e. The van der Waals surface area contributed by atoms with Gasteiger partial charge in [0.25, 0.3) is 0 Å². The number of carbonyl (C=O) groups excluding carboxylic acids is 1. The van der Waals surface area contributed by atoms with E-state index in [1.165, 1.54) is 20.0 Å². The van der Waals surface area contributed by atoms with Crippen LogP contribution < -0.4 is 5.32 Å². The van der Waals surface area contributed by atoms with Crippen LogP contribution in [0.5, 0.6) is 0 Å². The van der Waals surface area contributed by atoms with E-state index < -0.39 is 0 Å². The van der Waals surface area contributed by atoms with Crippen LogP contribution in [0.3, 0.4) is 0 Å². The van der Waals surface area contributed by atoms with Crippen molar-refractivity contribution < 1.29 is 9.53 Å². The highest BCUT2D eigenvalue weighted by Gasteiger charge is 2.61. The summed E-state index contributed by atoms with van der Waals surface area (Å²) in [7, 11) is 1.48. The first-order valence-electron chi connectivity index (χ1n) is 5.14. The lowest BCUT2D eigenvalue weighted by Gasteiger charge is -2.57. The Labute approximate surface area is 77.8 Å². The first kappa shape index (κ1) is 7.80. The summed E-state index contributed by atoms with van der Waals surface area (Å²) in [6, 6.07) is 0.0107. The van der Waals surface area contributed by atoms with Crippen molar-refractivity contribution in [3.63, 3.8) is 0 Å². The Balaban J connectivity index is 1.75. The van der Waals surface area contributed by atoms with E-state index in [4.69, 9.17) is 4.74 Å². The highest BCUT2D eigenvalue weighted by molar-refractivity contribution is 5.77. The van der Waals surface area contributed by atoms with Crippen molar-refractivity contribution in [2.45, 2.75) is 18.9 Å². The predicted octanol–water partition coefficient (Wildman–Crippen LogP) is 0.403. The third kappa shape index (κ3) is 0.810. The predicted molar refractivity (Wildman–Crippen MR) is 47.0 cm³/mol. The van der Waals surface area contributed by atoms with E-state index in [9.17, 15) is 4.79 Å². The van der Waals surface area contributed by atoms with Gasteiger partial charge in [-0.05, 0) is 43.1 Å². The summed E-state index contributed by atoms with van der Waals surface area (Å²) in [4.78, 5) is 11.4. The minimum absolute atomic E-state index is 0.0107. The second-order valence-corrected chi connectivity index (χ2v) is 4.56. The standard InChI is InChI=1S/C10H15NO2/c1-13-10(12)9-8-6-3-2-5(6)7(8)4-11-9/h5-9,11H,2-4H2,1H3. The van der Waals surface area contributed by atoms with E-state index in [2.05, 4.69) is 5.32 Å². The number of hydrogen-bond acceptors (Lipinski definition) is 3. The summed E-state index contributed by atoms with van der Waals surface area (Å²) in [5.41, 5.74) is 0. The summed E-state index contributed by atoms with van der Waals surface area (Å²) in [6.07, 6.45) is 2.72. The molecule has 72 valence electrons. The third-order valence-electron chi connectivity index (χ3n) is 4.34. The maximum Gasteiger partial charge on any atom is 0.323 e. The number of fused-ring (bicyclic) bond motifs is 4. The molecule has 1 heterocycles. The Morgan fingerprint density at radius 3 is 2.69 bits per heavy atom. The topological polar surface area (TPSA) is 38.3 Å². The van der Waals surface area contributed by atoms with Gasteiger partial charge in [-0.3, -0.25) is 4.79 Å². The van der Waals surface area contributed by atoms with Crippen LogP contribution in [0.25, 0.3) is 0 Å². The minimum atomic E-state index is -0.0575. The molecular formula is C10H15NO2. The molecule has 5 unspecified atom stereocenters. The fraction of sp³-hybridized carbons (Fsp3) is 0.900. The van der Waals surface area contributed by atoms with E-state index in [0.29, 0.717) is 5.92 Å². The van der Waals surface area contributed by atoms with Gasteiger partial charge < -0.3 is 10.1 Å². The van der Waals surface area contributed by atoms with Crippen LogP contribution in [-0.4, -0.2) is 25.7 Å². The van der Waals surface area contributed by atoms with Crippen LogP contribution >= 0.6 is 0 Å². The molecule has 2 aliphatic carbocycles.